The second-order valence-corrected chi connectivity index (χ2v) is 3.54. The quantitative estimate of drug-likeness (QED) is 0.632. The van der Waals surface area contributed by atoms with Crippen molar-refractivity contribution in [2.75, 3.05) is 0 Å². The monoisotopic (exact) mass is 174 g/mol. The van der Waals surface area contributed by atoms with Crippen molar-refractivity contribution in [3.05, 3.63) is 41.0 Å². The lowest BCUT2D eigenvalue weighted by molar-refractivity contribution is 1.22. The first-order valence-corrected chi connectivity index (χ1v) is 4.91. The van der Waals surface area contributed by atoms with Crippen LogP contribution in [0.25, 0.3) is 5.57 Å². The largest absolute Gasteiger partial charge is 0.0839 e. The van der Waals surface area contributed by atoms with Gasteiger partial charge < -0.3 is 0 Å². The second kappa shape index (κ2) is 4.27. The lowest BCUT2D eigenvalue weighted by atomic mass is 9.99. The van der Waals surface area contributed by atoms with E-state index < -0.39 is 0 Å². The highest BCUT2D eigenvalue weighted by molar-refractivity contribution is 5.66. The summed E-state index contributed by atoms with van der Waals surface area (Å²) >= 11 is 0. The molecule has 0 nitrogen and oxygen atoms in total. The van der Waals surface area contributed by atoms with Gasteiger partial charge >= 0.3 is 0 Å². The molecule has 0 bridgehead atoms. The van der Waals surface area contributed by atoms with Crippen LogP contribution < -0.4 is 0 Å². The number of benzene rings is 1. The minimum Gasteiger partial charge on any atom is -0.0839 e. The lowest BCUT2D eigenvalue weighted by Gasteiger charge is -2.06. The Hall–Kier alpha value is -1.04. The first-order valence-electron chi connectivity index (χ1n) is 4.91. The molecule has 0 saturated heterocycles. The molecule has 0 aliphatic carbocycles. The standard InChI is InChI=1S/C13H18/c1-5-12(6-2)13-8-10(3)7-11(4)9-13/h5,7-9H,6H2,1-4H3/b12-5+. The van der Waals surface area contributed by atoms with Crippen LogP contribution in [0, 0.1) is 13.8 Å². The summed E-state index contributed by atoms with van der Waals surface area (Å²) in [5.74, 6) is 0. The van der Waals surface area contributed by atoms with Crippen LogP contribution in [0.15, 0.2) is 24.3 Å². The normalized spacial score (nSPS) is 11.8. The van der Waals surface area contributed by atoms with Crippen LogP contribution in [0.4, 0.5) is 0 Å². The Kier molecular flexibility index (Phi) is 3.30. The second-order valence-electron chi connectivity index (χ2n) is 3.54. The van der Waals surface area contributed by atoms with E-state index in [0.717, 1.165) is 6.42 Å². The van der Waals surface area contributed by atoms with Gasteiger partial charge in [-0.1, -0.05) is 42.3 Å². The van der Waals surface area contributed by atoms with Gasteiger partial charge in [0, 0.05) is 0 Å². The summed E-state index contributed by atoms with van der Waals surface area (Å²) in [6, 6.07) is 6.73. The zero-order valence-electron chi connectivity index (χ0n) is 9.02. The van der Waals surface area contributed by atoms with Crippen LogP contribution in [0.1, 0.15) is 37.0 Å². The number of hydrogen-bond donors (Lipinski definition) is 0. The lowest BCUT2D eigenvalue weighted by Crippen LogP contribution is -1.86. The Labute approximate surface area is 81.3 Å². The van der Waals surface area contributed by atoms with Gasteiger partial charge in [-0.05, 0) is 38.3 Å². The van der Waals surface area contributed by atoms with E-state index in [-0.39, 0.29) is 0 Å². The minimum absolute atomic E-state index is 1.11. The topological polar surface area (TPSA) is 0 Å². The van der Waals surface area contributed by atoms with E-state index >= 15 is 0 Å². The highest BCUT2D eigenvalue weighted by Crippen LogP contribution is 2.20. The summed E-state index contributed by atoms with van der Waals surface area (Å²) in [6.45, 7) is 8.61. The summed E-state index contributed by atoms with van der Waals surface area (Å²) in [6.07, 6.45) is 3.31. The third-order valence-corrected chi connectivity index (χ3v) is 2.32. The van der Waals surface area contributed by atoms with Crippen LogP contribution in [0.3, 0.4) is 0 Å². The van der Waals surface area contributed by atoms with E-state index in [1.165, 1.54) is 22.3 Å². The molecule has 0 saturated carbocycles. The van der Waals surface area contributed by atoms with Gasteiger partial charge in [-0.2, -0.15) is 0 Å². The molecule has 0 heterocycles. The summed E-state index contributed by atoms with van der Waals surface area (Å²) in [5, 5.41) is 0. The number of aryl methyl sites for hydroxylation is 2. The Balaban J connectivity index is 3.14. The first-order chi connectivity index (χ1) is 6.17. The molecule has 0 fully saturated rings. The molecule has 0 spiro atoms. The molecule has 0 unspecified atom stereocenters. The van der Waals surface area contributed by atoms with Gasteiger partial charge in [-0.3, -0.25) is 0 Å². The minimum atomic E-state index is 1.11. The number of rotatable bonds is 2. The van der Waals surface area contributed by atoms with Gasteiger partial charge in [0.15, 0.2) is 0 Å². The fourth-order valence-electron chi connectivity index (χ4n) is 1.73. The summed E-state index contributed by atoms with van der Waals surface area (Å²) in [7, 11) is 0. The summed E-state index contributed by atoms with van der Waals surface area (Å²) in [4.78, 5) is 0. The van der Waals surface area contributed by atoms with Gasteiger partial charge in [-0.25, -0.2) is 0 Å². The molecule has 0 aromatic heterocycles. The third kappa shape index (κ3) is 2.45. The molecule has 1 aromatic carbocycles. The van der Waals surface area contributed by atoms with Crippen molar-refractivity contribution in [2.45, 2.75) is 34.1 Å². The SMILES string of the molecule is C/C=C(\CC)c1cc(C)cc(C)c1. The Bertz CT molecular complexity index is 299. The number of allylic oxidation sites excluding steroid dienone is 2. The van der Waals surface area contributed by atoms with E-state index in [2.05, 4.69) is 52.0 Å². The van der Waals surface area contributed by atoms with Crippen LogP contribution in [0.5, 0.6) is 0 Å². The molecule has 0 atom stereocenters. The highest BCUT2D eigenvalue weighted by Gasteiger charge is 1.99. The van der Waals surface area contributed by atoms with Crippen molar-refractivity contribution in [2.24, 2.45) is 0 Å². The van der Waals surface area contributed by atoms with Crippen LogP contribution in [0.2, 0.25) is 0 Å². The maximum Gasteiger partial charge on any atom is -0.0223 e. The van der Waals surface area contributed by atoms with Crippen molar-refractivity contribution in [1.29, 1.82) is 0 Å². The predicted molar refractivity (Wildman–Crippen MR) is 59.9 cm³/mol. The molecule has 0 aliphatic rings. The summed E-state index contributed by atoms with van der Waals surface area (Å²) < 4.78 is 0. The van der Waals surface area contributed by atoms with E-state index in [1.54, 1.807) is 0 Å². The molecular formula is C13H18. The molecule has 0 aliphatic heterocycles. The zero-order chi connectivity index (χ0) is 9.84. The Morgan fingerprint density at radius 1 is 1.15 bits per heavy atom. The maximum atomic E-state index is 2.26. The molecule has 0 N–H and O–H groups in total. The van der Waals surface area contributed by atoms with Gasteiger partial charge in [0.1, 0.15) is 0 Å². The smallest absolute Gasteiger partial charge is 0.0223 e. The van der Waals surface area contributed by atoms with Gasteiger partial charge in [-0.15, -0.1) is 0 Å². The van der Waals surface area contributed by atoms with Crippen molar-refractivity contribution >= 4 is 5.57 Å². The average Bonchev–Trinajstić information content (AvgIpc) is 2.04. The maximum absolute atomic E-state index is 2.26. The molecule has 1 aromatic rings. The fourth-order valence-corrected chi connectivity index (χ4v) is 1.73. The average molecular weight is 174 g/mol. The Morgan fingerprint density at radius 2 is 1.69 bits per heavy atom. The summed E-state index contributed by atoms with van der Waals surface area (Å²) in [5.41, 5.74) is 5.51. The zero-order valence-corrected chi connectivity index (χ0v) is 9.02. The van der Waals surface area contributed by atoms with E-state index in [9.17, 15) is 0 Å². The van der Waals surface area contributed by atoms with Gasteiger partial charge in [0.05, 0.1) is 0 Å². The molecule has 13 heavy (non-hydrogen) atoms. The molecular weight excluding hydrogens is 156 g/mol. The van der Waals surface area contributed by atoms with Gasteiger partial charge in [0.25, 0.3) is 0 Å². The van der Waals surface area contributed by atoms with Crippen molar-refractivity contribution < 1.29 is 0 Å². The fraction of sp³-hybridized carbons (Fsp3) is 0.385. The number of hydrogen-bond acceptors (Lipinski definition) is 0. The van der Waals surface area contributed by atoms with Crippen molar-refractivity contribution in [3.8, 4) is 0 Å². The van der Waals surface area contributed by atoms with Crippen molar-refractivity contribution in [3.63, 3.8) is 0 Å². The molecule has 0 amide bonds. The molecule has 70 valence electrons. The first kappa shape index (κ1) is 10.0. The molecule has 0 radical (unpaired) electrons. The molecule has 0 heteroatoms. The highest BCUT2D eigenvalue weighted by atomic mass is 14.0. The van der Waals surface area contributed by atoms with Crippen LogP contribution >= 0.6 is 0 Å². The van der Waals surface area contributed by atoms with E-state index in [4.69, 9.17) is 0 Å². The van der Waals surface area contributed by atoms with Crippen LogP contribution in [-0.2, 0) is 0 Å². The third-order valence-electron chi connectivity index (χ3n) is 2.32. The van der Waals surface area contributed by atoms with Crippen molar-refractivity contribution in [1.82, 2.24) is 0 Å². The molecule has 1 rings (SSSR count). The van der Waals surface area contributed by atoms with Crippen LogP contribution in [-0.4, -0.2) is 0 Å². The van der Waals surface area contributed by atoms with E-state index in [0.29, 0.717) is 0 Å². The van der Waals surface area contributed by atoms with Gasteiger partial charge in [0.2, 0.25) is 0 Å². The predicted octanol–water partition coefficient (Wildman–Crippen LogP) is 4.12. The Morgan fingerprint density at radius 3 is 2.08 bits per heavy atom. The van der Waals surface area contributed by atoms with E-state index in [1.807, 2.05) is 0 Å².